The summed E-state index contributed by atoms with van der Waals surface area (Å²) in [5, 5.41) is 2.82. The lowest BCUT2D eigenvalue weighted by atomic mass is 10.2. The number of furan rings is 1. The van der Waals surface area contributed by atoms with Gasteiger partial charge in [-0.2, -0.15) is 0 Å². The van der Waals surface area contributed by atoms with Crippen LogP contribution in [0.25, 0.3) is 0 Å². The Morgan fingerprint density at radius 2 is 2.00 bits per heavy atom. The first-order chi connectivity index (χ1) is 8.58. The summed E-state index contributed by atoms with van der Waals surface area (Å²) < 4.78 is 5.21. The highest BCUT2D eigenvalue weighted by molar-refractivity contribution is 7.15. The van der Waals surface area contributed by atoms with Crippen molar-refractivity contribution in [3.05, 3.63) is 46.0 Å². The fourth-order valence-electron chi connectivity index (χ4n) is 1.53. The van der Waals surface area contributed by atoms with Gasteiger partial charge in [-0.25, -0.2) is 0 Å². The number of Topliss-reactive ketones (excluding diaryl/α,β-unsaturated/α-hetero) is 1. The molecule has 0 unspecified atom stereocenters. The molecule has 0 aliphatic heterocycles. The SMILES string of the molecule is CC(=O)c1ccc(C(=O)N[C@H](C)c2ccco2)s1. The molecule has 0 radical (unpaired) electrons. The van der Waals surface area contributed by atoms with Crippen molar-refractivity contribution < 1.29 is 14.0 Å². The second-order valence-corrected chi connectivity index (χ2v) is 5.01. The Bertz CT molecular complexity index is 557. The zero-order valence-electron chi connectivity index (χ0n) is 10.1. The van der Waals surface area contributed by atoms with Crippen LogP contribution in [0.2, 0.25) is 0 Å². The number of hydrogen-bond donors (Lipinski definition) is 1. The lowest BCUT2D eigenvalue weighted by Gasteiger charge is -2.09. The van der Waals surface area contributed by atoms with E-state index in [4.69, 9.17) is 4.42 Å². The third-order valence-electron chi connectivity index (χ3n) is 2.49. The van der Waals surface area contributed by atoms with E-state index in [1.54, 1.807) is 30.5 Å². The first kappa shape index (κ1) is 12.6. The molecule has 1 N–H and O–H groups in total. The van der Waals surface area contributed by atoms with E-state index in [0.717, 1.165) is 0 Å². The van der Waals surface area contributed by atoms with Gasteiger partial charge in [0.05, 0.1) is 22.1 Å². The van der Waals surface area contributed by atoms with E-state index < -0.39 is 0 Å². The second-order valence-electron chi connectivity index (χ2n) is 3.93. The third kappa shape index (κ3) is 2.68. The third-order valence-corrected chi connectivity index (χ3v) is 3.68. The molecule has 2 aromatic rings. The molecule has 0 aliphatic rings. The van der Waals surface area contributed by atoms with Crippen LogP contribution >= 0.6 is 11.3 Å². The average Bonchev–Trinajstić information content (AvgIpc) is 3.00. The van der Waals surface area contributed by atoms with Gasteiger partial charge in [-0.05, 0) is 38.1 Å². The van der Waals surface area contributed by atoms with Gasteiger partial charge in [0.15, 0.2) is 5.78 Å². The van der Waals surface area contributed by atoms with Gasteiger partial charge in [-0.15, -0.1) is 11.3 Å². The number of hydrogen-bond acceptors (Lipinski definition) is 4. The molecule has 0 saturated heterocycles. The summed E-state index contributed by atoms with van der Waals surface area (Å²) in [6.07, 6.45) is 1.57. The van der Waals surface area contributed by atoms with E-state index in [0.29, 0.717) is 15.5 Å². The first-order valence-corrected chi connectivity index (χ1v) is 6.34. The molecule has 2 heterocycles. The Morgan fingerprint density at radius 1 is 1.28 bits per heavy atom. The lowest BCUT2D eigenvalue weighted by Crippen LogP contribution is -2.25. The second kappa shape index (κ2) is 5.18. The quantitative estimate of drug-likeness (QED) is 0.862. The van der Waals surface area contributed by atoms with Crippen molar-refractivity contribution in [1.82, 2.24) is 5.32 Å². The van der Waals surface area contributed by atoms with E-state index in [9.17, 15) is 9.59 Å². The number of carbonyl (C=O) groups excluding carboxylic acids is 2. The Kier molecular flexibility index (Phi) is 3.62. The summed E-state index contributed by atoms with van der Waals surface area (Å²) >= 11 is 1.20. The zero-order chi connectivity index (χ0) is 13.1. The molecule has 0 fully saturated rings. The van der Waals surface area contributed by atoms with Crippen LogP contribution < -0.4 is 5.32 Å². The number of ketones is 1. The molecule has 2 rings (SSSR count). The predicted molar refractivity (Wildman–Crippen MR) is 68.9 cm³/mol. The Hall–Kier alpha value is -1.88. The van der Waals surface area contributed by atoms with Gasteiger partial charge < -0.3 is 9.73 Å². The van der Waals surface area contributed by atoms with Gasteiger partial charge >= 0.3 is 0 Å². The van der Waals surface area contributed by atoms with Gasteiger partial charge in [0.2, 0.25) is 0 Å². The molecule has 1 amide bonds. The minimum Gasteiger partial charge on any atom is -0.467 e. The largest absolute Gasteiger partial charge is 0.467 e. The number of rotatable bonds is 4. The van der Waals surface area contributed by atoms with E-state index in [-0.39, 0.29) is 17.7 Å². The average molecular weight is 263 g/mol. The van der Waals surface area contributed by atoms with Crippen LogP contribution in [0.4, 0.5) is 0 Å². The van der Waals surface area contributed by atoms with Crippen molar-refractivity contribution >= 4 is 23.0 Å². The molecule has 0 saturated carbocycles. The van der Waals surface area contributed by atoms with Gasteiger partial charge in [0.1, 0.15) is 5.76 Å². The van der Waals surface area contributed by atoms with Crippen LogP contribution in [0.1, 0.15) is 45.0 Å². The fourth-order valence-corrected chi connectivity index (χ4v) is 2.33. The maximum atomic E-state index is 11.9. The van der Waals surface area contributed by atoms with Gasteiger partial charge in [0, 0.05) is 0 Å². The monoisotopic (exact) mass is 263 g/mol. The standard InChI is InChI=1S/C13H13NO3S/c1-8(10-4-3-7-17-10)14-13(16)12-6-5-11(18-12)9(2)15/h3-8H,1-2H3,(H,14,16)/t8-/m1/s1. The van der Waals surface area contributed by atoms with E-state index in [1.807, 2.05) is 6.92 Å². The molecule has 1 atom stereocenters. The number of nitrogens with one attached hydrogen (secondary N) is 1. The van der Waals surface area contributed by atoms with E-state index in [2.05, 4.69) is 5.32 Å². The van der Waals surface area contributed by atoms with Crippen LogP contribution in [-0.2, 0) is 0 Å². The summed E-state index contributed by atoms with van der Waals surface area (Å²) in [5.41, 5.74) is 0. The van der Waals surface area contributed by atoms with Gasteiger partial charge in [-0.1, -0.05) is 0 Å². The van der Waals surface area contributed by atoms with Gasteiger partial charge in [0.25, 0.3) is 5.91 Å². The normalized spacial score (nSPS) is 12.1. The molecular weight excluding hydrogens is 250 g/mol. The number of carbonyl (C=O) groups is 2. The number of amides is 1. The van der Waals surface area contributed by atoms with Crippen molar-refractivity contribution in [2.24, 2.45) is 0 Å². The Balaban J connectivity index is 2.05. The molecule has 4 nitrogen and oxygen atoms in total. The summed E-state index contributed by atoms with van der Waals surface area (Å²) in [6.45, 7) is 3.33. The van der Waals surface area contributed by atoms with Crippen molar-refractivity contribution in [1.29, 1.82) is 0 Å². The summed E-state index contributed by atoms with van der Waals surface area (Å²) in [7, 11) is 0. The van der Waals surface area contributed by atoms with E-state index >= 15 is 0 Å². The van der Waals surface area contributed by atoms with E-state index in [1.165, 1.54) is 18.3 Å². The smallest absolute Gasteiger partial charge is 0.261 e. The summed E-state index contributed by atoms with van der Waals surface area (Å²) in [4.78, 5) is 24.2. The first-order valence-electron chi connectivity index (χ1n) is 5.53. The minimum atomic E-state index is -0.199. The minimum absolute atomic E-state index is 0.0295. The highest BCUT2D eigenvalue weighted by Gasteiger charge is 2.15. The van der Waals surface area contributed by atoms with Crippen LogP contribution in [0, 0.1) is 0 Å². The highest BCUT2D eigenvalue weighted by Crippen LogP contribution is 2.19. The van der Waals surface area contributed by atoms with Gasteiger partial charge in [-0.3, -0.25) is 9.59 Å². The fraction of sp³-hybridized carbons (Fsp3) is 0.231. The molecule has 0 aliphatic carbocycles. The maximum absolute atomic E-state index is 11.9. The highest BCUT2D eigenvalue weighted by atomic mass is 32.1. The molecule has 18 heavy (non-hydrogen) atoms. The molecule has 0 bridgehead atoms. The molecule has 94 valence electrons. The summed E-state index contributed by atoms with van der Waals surface area (Å²) in [6, 6.07) is 6.71. The number of thiophene rings is 1. The molecular formula is C13H13NO3S. The maximum Gasteiger partial charge on any atom is 0.261 e. The summed E-state index contributed by atoms with van der Waals surface area (Å²) in [5.74, 6) is 0.473. The molecule has 0 aromatic carbocycles. The Morgan fingerprint density at radius 3 is 2.56 bits per heavy atom. The molecule has 5 heteroatoms. The van der Waals surface area contributed by atoms with Crippen molar-refractivity contribution in [2.75, 3.05) is 0 Å². The van der Waals surface area contributed by atoms with Crippen LogP contribution in [0.3, 0.4) is 0 Å². The zero-order valence-corrected chi connectivity index (χ0v) is 10.9. The molecule has 0 spiro atoms. The lowest BCUT2D eigenvalue weighted by molar-refractivity contribution is 0.0939. The van der Waals surface area contributed by atoms with Crippen LogP contribution in [0.15, 0.2) is 34.9 Å². The predicted octanol–water partition coefficient (Wildman–Crippen LogP) is 3.03. The van der Waals surface area contributed by atoms with Crippen molar-refractivity contribution in [3.8, 4) is 0 Å². The van der Waals surface area contributed by atoms with Crippen molar-refractivity contribution in [2.45, 2.75) is 19.9 Å². The van der Waals surface area contributed by atoms with Crippen molar-refractivity contribution in [3.63, 3.8) is 0 Å². The topological polar surface area (TPSA) is 59.3 Å². The van der Waals surface area contributed by atoms with Crippen LogP contribution in [0.5, 0.6) is 0 Å². The molecule has 2 aromatic heterocycles. The van der Waals surface area contributed by atoms with Crippen LogP contribution in [-0.4, -0.2) is 11.7 Å². The Labute approximate surface area is 109 Å².